The minimum absolute atomic E-state index is 0.549. The predicted octanol–water partition coefficient (Wildman–Crippen LogP) is 1.57. The Balaban J connectivity index is 2.08. The van der Waals surface area contributed by atoms with Gasteiger partial charge in [-0.2, -0.15) is 5.10 Å². The van der Waals surface area contributed by atoms with E-state index in [4.69, 9.17) is 11.6 Å². The number of halogens is 1. The van der Waals surface area contributed by atoms with Crippen LogP contribution in [-0.4, -0.2) is 40.4 Å². The maximum atomic E-state index is 6.27. The van der Waals surface area contributed by atoms with Crippen LogP contribution < -0.4 is 5.32 Å². The Morgan fingerprint density at radius 1 is 1.53 bits per heavy atom. The van der Waals surface area contributed by atoms with E-state index in [9.17, 15) is 0 Å². The van der Waals surface area contributed by atoms with E-state index in [1.165, 1.54) is 12.0 Å². The first-order chi connectivity index (χ1) is 8.08. The molecule has 2 heterocycles. The zero-order chi connectivity index (χ0) is 12.4. The highest BCUT2D eigenvalue weighted by molar-refractivity contribution is 6.30. The molecular formula is C12H21ClN4. The molecule has 1 N–H and O–H groups in total. The molecule has 0 spiro atoms. The predicted molar refractivity (Wildman–Crippen MR) is 70.3 cm³/mol. The molecule has 2 rings (SSSR count). The van der Waals surface area contributed by atoms with Crippen LogP contribution in [0.25, 0.3) is 0 Å². The van der Waals surface area contributed by atoms with Gasteiger partial charge in [-0.05, 0) is 33.4 Å². The molecule has 17 heavy (non-hydrogen) atoms. The van der Waals surface area contributed by atoms with Gasteiger partial charge in [0.15, 0.2) is 0 Å². The largest absolute Gasteiger partial charge is 0.313 e. The normalized spacial score (nSPS) is 22.7. The summed E-state index contributed by atoms with van der Waals surface area (Å²) in [5.41, 5.74) is 2.21. The van der Waals surface area contributed by atoms with Crippen molar-refractivity contribution in [1.82, 2.24) is 20.0 Å². The maximum Gasteiger partial charge on any atom is 0.131 e. The van der Waals surface area contributed by atoms with Gasteiger partial charge in [-0.1, -0.05) is 11.6 Å². The molecule has 1 saturated heterocycles. The number of rotatable bonds is 2. The van der Waals surface area contributed by atoms with Crippen molar-refractivity contribution in [1.29, 1.82) is 0 Å². The van der Waals surface area contributed by atoms with Crippen LogP contribution in [0.5, 0.6) is 0 Å². The lowest BCUT2D eigenvalue weighted by Crippen LogP contribution is -2.35. The van der Waals surface area contributed by atoms with E-state index >= 15 is 0 Å². The van der Waals surface area contributed by atoms with E-state index in [0.717, 1.165) is 37.0 Å². The monoisotopic (exact) mass is 256 g/mol. The summed E-state index contributed by atoms with van der Waals surface area (Å²) >= 11 is 6.27. The smallest absolute Gasteiger partial charge is 0.131 e. The van der Waals surface area contributed by atoms with Crippen LogP contribution in [-0.2, 0) is 13.6 Å². The number of hydrogen-bond donors (Lipinski definition) is 1. The van der Waals surface area contributed by atoms with Gasteiger partial charge >= 0.3 is 0 Å². The molecule has 0 radical (unpaired) electrons. The molecule has 0 amide bonds. The average molecular weight is 257 g/mol. The third-order valence-electron chi connectivity index (χ3n) is 3.33. The summed E-state index contributed by atoms with van der Waals surface area (Å²) < 4.78 is 1.76. The molecule has 0 saturated carbocycles. The van der Waals surface area contributed by atoms with Crippen molar-refractivity contribution >= 4 is 11.6 Å². The van der Waals surface area contributed by atoms with Gasteiger partial charge in [0.25, 0.3) is 0 Å². The highest BCUT2D eigenvalue weighted by Gasteiger charge is 2.18. The summed E-state index contributed by atoms with van der Waals surface area (Å²) in [4.78, 5) is 2.46. The van der Waals surface area contributed by atoms with Gasteiger partial charge in [0.05, 0.1) is 5.69 Å². The summed E-state index contributed by atoms with van der Waals surface area (Å²) in [6.07, 6.45) is 1.20. The standard InChI is InChI=1S/C12H21ClN4/c1-9-7-17(6-4-5-14-9)8-11-10(2)15-16(3)12(11)13/h9,14H,4-8H2,1-3H3. The molecule has 1 aromatic rings. The van der Waals surface area contributed by atoms with Crippen LogP contribution in [0.15, 0.2) is 0 Å². The molecule has 0 bridgehead atoms. The molecule has 0 aromatic carbocycles. The lowest BCUT2D eigenvalue weighted by Gasteiger charge is -2.22. The Morgan fingerprint density at radius 3 is 2.94 bits per heavy atom. The SMILES string of the molecule is Cc1nn(C)c(Cl)c1CN1CCCNC(C)C1. The number of hydrogen-bond acceptors (Lipinski definition) is 3. The molecule has 4 nitrogen and oxygen atoms in total. The first kappa shape index (κ1) is 12.9. The second kappa shape index (κ2) is 5.38. The second-order valence-corrected chi connectivity index (χ2v) is 5.28. The van der Waals surface area contributed by atoms with Crippen LogP contribution in [0.1, 0.15) is 24.6 Å². The molecule has 5 heteroatoms. The molecule has 1 atom stereocenters. The van der Waals surface area contributed by atoms with Crippen molar-refractivity contribution in [3.05, 3.63) is 16.4 Å². The molecule has 1 aliphatic heterocycles. The van der Waals surface area contributed by atoms with Crippen LogP contribution in [0, 0.1) is 6.92 Å². The fourth-order valence-electron chi connectivity index (χ4n) is 2.41. The van der Waals surface area contributed by atoms with E-state index in [-0.39, 0.29) is 0 Å². The molecular weight excluding hydrogens is 236 g/mol. The summed E-state index contributed by atoms with van der Waals surface area (Å²) in [5.74, 6) is 0. The Kier molecular flexibility index (Phi) is 4.07. The summed E-state index contributed by atoms with van der Waals surface area (Å²) in [6.45, 7) is 8.48. The summed E-state index contributed by atoms with van der Waals surface area (Å²) in [6, 6.07) is 0.549. The average Bonchev–Trinajstić information content (AvgIpc) is 2.46. The summed E-state index contributed by atoms with van der Waals surface area (Å²) in [5, 5.41) is 8.63. The van der Waals surface area contributed by atoms with Gasteiger partial charge in [0.2, 0.25) is 0 Å². The maximum absolute atomic E-state index is 6.27. The zero-order valence-electron chi connectivity index (χ0n) is 10.8. The lowest BCUT2D eigenvalue weighted by molar-refractivity contribution is 0.264. The quantitative estimate of drug-likeness (QED) is 0.872. The van der Waals surface area contributed by atoms with Crippen LogP contribution in [0.3, 0.4) is 0 Å². The third-order valence-corrected chi connectivity index (χ3v) is 3.80. The van der Waals surface area contributed by atoms with Gasteiger partial charge < -0.3 is 5.32 Å². The van der Waals surface area contributed by atoms with Crippen molar-refractivity contribution in [3.8, 4) is 0 Å². The van der Waals surface area contributed by atoms with Crippen LogP contribution in [0.2, 0.25) is 5.15 Å². The Hall–Kier alpha value is -0.580. The number of aryl methyl sites for hydroxylation is 2. The fraction of sp³-hybridized carbons (Fsp3) is 0.750. The molecule has 1 unspecified atom stereocenters. The van der Waals surface area contributed by atoms with E-state index in [0.29, 0.717) is 6.04 Å². The van der Waals surface area contributed by atoms with Crippen molar-refractivity contribution < 1.29 is 0 Å². The summed E-state index contributed by atoms with van der Waals surface area (Å²) in [7, 11) is 1.89. The van der Waals surface area contributed by atoms with E-state index < -0.39 is 0 Å². The van der Waals surface area contributed by atoms with Crippen molar-refractivity contribution in [2.45, 2.75) is 32.9 Å². The van der Waals surface area contributed by atoms with Crippen molar-refractivity contribution in [2.24, 2.45) is 7.05 Å². The minimum atomic E-state index is 0.549. The molecule has 1 aromatic heterocycles. The highest BCUT2D eigenvalue weighted by Crippen LogP contribution is 2.21. The van der Waals surface area contributed by atoms with Gasteiger partial charge in [0.1, 0.15) is 5.15 Å². The van der Waals surface area contributed by atoms with E-state index in [2.05, 4.69) is 22.2 Å². The Labute approximate surface area is 108 Å². The molecule has 96 valence electrons. The van der Waals surface area contributed by atoms with Gasteiger partial charge in [-0.15, -0.1) is 0 Å². The minimum Gasteiger partial charge on any atom is -0.313 e. The zero-order valence-corrected chi connectivity index (χ0v) is 11.6. The van der Waals surface area contributed by atoms with Gasteiger partial charge in [0, 0.05) is 31.7 Å². The Bertz CT molecular complexity index is 388. The van der Waals surface area contributed by atoms with Gasteiger partial charge in [-0.25, -0.2) is 0 Å². The first-order valence-electron chi connectivity index (χ1n) is 6.21. The van der Waals surface area contributed by atoms with Crippen LogP contribution in [0.4, 0.5) is 0 Å². The Morgan fingerprint density at radius 2 is 2.29 bits per heavy atom. The second-order valence-electron chi connectivity index (χ2n) is 4.92. The van der Waals surface area contributed by atoms with E-state index in [1.807, 2.05) is 14.0 Å². The molecule has 1 fully saturated rings. The lowest BCUT2D eigenvalue weighted by atomic mass is 10.2. The van der Waals surface area contributed by atoms with Crippen molar-refractivity contribution in [3.63, 3.8) is 0 Å². The number of aromatic nitrogens is 2. The fourth-order valence-corrected chi connectivity index (χ4v) is 2.65. The number of nitrogens with zero attached hydrogens (tertiary/aromatic N) is 3. The first-order valence-corrected chi connectivity index (χ1v) is 6.59. The van der Waals surface area contributed by atoms with Crippen LogP contribution >= 0.6 is 11.6 Å². The van der Waals surface area contributed by atoms with Gasteiger partial charge in [-0.3, -0.25) is 9.58 Å². The topological polar surface area (TPSA) is 33.1 Å². The third kappa shape index (κ3) is 3.00. The van der Waals surface area contributed by atoms with E-state index in [1.54, 1.807) is 4.68 Å². The molecule has 0 aliphatic carbocycles. The van der Waals surface area contributed by atoms with Crippen molar-refractivity contribution in [2.75, 3.05) is 19.6 Å². The highest BCUT2D eigenvalue weighted by atomic mass is 35.5. The molecule has 1 aliphatic rings. The number of nitrogens with one attached hydrogen (secondary N) is 1.